The Morgan fingerprint density at radius 3 is 2.38 bits per heavy atom. The molecule has 0 saturated carbocycles. The van der Waals surface area contributed by atoms with Crippen molar-refractivity contribution >= 4 is 0 Å². The highest BCUT2D eigenvalue weighted by molar-refractivity contribution is 5.18. The largest absolute Gasteiger partial charge is 0.324 e. The van der Waals surface area contributed by atoms with Gasteiger partial charge in [-0.15, -0.1) is 0 Å². The van der Waals surface area contributed by atoms with Crippen LogP contribution < -0.4 is 5.73 Å². The van der Waals surface area contributed by atoms with Crippen LogP contribution in [0.2, 0.25) is 0 Å². The van der Waals surface area contributed by atoms with Gasteiger partial charge in [0.25, 0.3) is 0 Å². The Bertz CT molecular complexity index is 230. The van der Waals surface area contributed by atoms with Gasteiger partial charge in [0.05, 0.1) is 0 Å². The van der Waals surface area contributed by atoms with Crippen LogP contribution in [0, 0.1) is 5.92 Å². The second-order valence-corrected chi connectivity index (χ2v) is 3.77. The molecule has 0 spiro atoms. The van der Waals surface area contributed by atoms with Gasteiger partial charge in [0, 0.05) is 6.04 Å². The summed E-state index contributed by atoms with van der Waals surface area (Å²) in [5, 5.41) is 0. The molecule has 1 aromatic carbocycles. The van der Waals surface area contributed by atoms with Crippen molar-refractivity contribution in [1.29, 1.82) is 0 Å². The highest BCUT2D eigenvalue weighted by atomic mass is 14.6. The minimum absolute atomic E-state index is 0.205. The van der Waals surface area contributed by atoms with Crippen molar-refractivity contribution in [3.8, 4) is 0 Å². The molecular weight excluding hydrogens is 158 g/mol. The number of hydrogen-bond acceptors (Lipinski definition) is 1. The molecule has 0 saturated heterocycles. The Labute approximate surface area is 81.0 Å². The van der Waals surface area contributed by atoms with Gasteiger partial charge in [0.15, 0.2) is 0 Å². The zero-order chi connectivity index (χ0) is 9.68. The maximum absolute atomic E-state index is 6.07. The third kappa shape index (κ3) is 3.19. The zero-order valence-corrected chi connectivity index (χ0v) is 8.53. The van der Waals surface area contributed by atoms with E-state index >= 15 is 0 Å². The smallest absolute Gasteiger partial charge is 0.0297 e. The lowest BCUT2D eigenvalue weighted by Crippen LogP contribution is -2.13. The van der Waals surface area contributed by atoms with Crippen molar-refractivity contribution < 1.29 is 0 Å². The van der Waals surface area contributed by atoms with Gasteiger partial charge in [-0.1, -0.05) is 50.6 Å². The van der Waals surface area contributed by atoms with E-state index in [0.717, 1.165) is 12.3 Å². The lowest BCUT2D eigenvalue weighted by molar-refractivity contribution is 0.461. The molecule has 0 radical (unpaired) electrons. The van der Waals surface area contributed by atoms with Crippen LogP contribution in [-0.2, 0) is 0 Å². The number of hydrogen-bond donors (Lipinski definition) is 1. The zero-order valence-electron chi connectivity index (χ0n) is 8.53. The summed E-state index contributed by atoms with van der Waals surface area (Å²) in [6.45, 7) is 4.46. The predicted molar refractivity (Wildman–Crippen MR) is 57.4 cm³/mol. The first kappa shape index (κ1) is 10.3. The lowest BCUT2D eigenvalue weighted by atomic mass is 9.95. The van der Waals surface area contributed by atoms with Gasteiger partial charge in [-0.25, -0.2) is 0 Å². The Morgan fingerprint density at radius 2 is 1.85 bits per heavy atom. The van der Waals surface area contributed by atoms with E-state index in [9.17, 15) is 0 Å². The molecule has 0 fully saturated rings. The highest BCUT2D eigenvalue weighted by Gasteiger charge is 2.08. The molecule has 2 N–H and O–H groups in total. The van der Waals surface area contributed by atoms with Crippen LogP contribution in [0.25, 0.3) is 0 Å². The fourth-order valence-electron chi connectivity index (χ4n) is 1.44. The summed E-state index contributed by atoms with van der Waals surface area (Å²) >= 11 is 0. The molecule has 13 heavy (non-hydrogen) atoms. The van der Waals surface area contributed by atoms with E-state index in [4.69, 9.17) is 5.73 Å². The molecule has 0 aromatic heterocycles. The topological polar surface area (TPSA) is 26.0 Å². The molecule has 0 aliphatic carbocycles. The first-order valence-electron chi connectivity index (χ1n) is 5.04. The third-order valence-corrected chi connectivity index (χ3v) is 2.58. The van der Waals surface area contributed by atoms with Gasteiger partial charge in [0.1, 0.15) is 0 Å². The second-order valence-electron chi connectivity index (χ2n) is 3.77. The Kier molecular flexibility index (Phi) is 3.97. The first-order chi connectivity index (χ1) is 6.24. The van der Waals surface area contributed by atoms with E-state index in [-0.39, 0.29) is 6.04 Å². The summed E-state index contributed by atoms with van der Waals surface area (Å²) < 4.78 is 0. The quantitative estimate of drug-likeness (QED) is 0.751. The first-order valence-corrected chi connectivity index (χ1v) is 5.04. The van der Waals surface area contributed by atoms with Gasteiger partial charge in [0.2, 0.25) is 0 Å². The number of nitrogens with two attached hydrogens (primary N) is 1. The molecule has 0 bridgehead atoms. The lowest BCUT2D eigenvalue weighted by Gasteiger charge is -2.15. The van der Waals surface area contributed by atoms with Crippen molar-refractivity contribution in [2.24, 2.45) is 11.7 Å². The average molecular weight is 177 g/mol. The Morgan fingerprint density at radius 1 is 1.23 bits per heavy atom. The molecule has 1 rings (SSSR count). The summed E-state index contributed by atoms with van der Waals surface area (Å²) in [4.78, 5) is 0. The molecule has 0 aliphatic rings. The summed E-state index contributed by atoms with van der Waals surface area (Å²) in [5.41, 5.74) is 7.32. The van der Waals surface area contributed by atoms with Crippen molar-refractivity contribution in [2.45, 2.75) is 32.7 Å². The summed E-state index contributed by atoms with van der Waals surface area (Å²) in [5.74, 6) is 0.718. The fourth-order valence-corrected chi connectivity index (χ4v) is 1.44. The van der Waals surface area contributed by atoms with Crippen LogP contribution in [-0.4, -0.2) is 0 Å². The van der Waals surface area contributed by atoms with Gasteiger partial charge < -0.3 is 5.73 Å². The molecule has 1 nitrogen and oxygen atoms in total. The molecular formula is C12H19N. The normalized spacial score (nSPS) is 15.3. The molecule has 72 valence electrons. The van der Waals surface area contributed by atoms with E-state index < -0.39 is 0 Å². The molecule has 0 amide bonds. The van der Waals surface area contributed by atoms with Crippen LogP contribution in [0.1, 0.15) is 38.3 Å². The van der Waals surface area contributed by atoms with Gasteiger partial charge in [-0.3, -0.25) is 0 Å². The number of rotatable bonds is 4. The Hall–Kier alpha value is -0.820. The van der Waals surface area contributed by atoms with E-state index in [0.29, 0.717) is 0 Å². The highest BCUT2D eigenvalue weighted by Crippen LogP contribution is 2.19. The summed E-state index contributed by atoms with van der Waals surface area (Å²) in [6.07, 6.45) is 2.29. The second kappa shape index (κ2) is 5.03. The van der Waals surface area contributed by atoms with E-state index in [1.807, 2.05) is 18.2 Å². The molecule has 1 heteroatoms. The van der Waals surface area contributed by atoms with Crippen LogP contribution in [0.4, 0.5) is 0 Å². The summed E-state index contributed by atoms with van der Waals surface area (Å²) in [7, 11) is 0. The summed E-state index contributed by atoms with van der Waals surface area (Å²) in [6, 6.07) is 10.5. The van der Waals surface area contributed by atoms with E-state index in [2.05, 4.69) is 26.0 Å². The molecule has 2 atom stereocenters. The van der Waals surface area contributed by atoms with Gasteiger partial charge in [-0.05, 0) is 17.9 Å². The Balaban J connectivity index is 2.53. The minimum atomic E-state index is 0.205. The van der Waals surface area contributed by atoms with Crippen molar-refractivity contribution in [3.05, 3.63) is 35.9 Å². The molecule has 1 aromatic rings. The monoisotopic (exact) mass is 177 g/mol. The minimum Gasteiger partial charge on any atom is -0.324 e. The van der Waals surface area contributed by atoms with Crippen LogP contribution >= 0.6 is 0 Å². The van der Waals surface area contributed by atoms with Gasteiger partial charge >= 0.3 is 0 Å². The maximum atomic E-state index is 6.07. The van der Waals surface area contributed by atoms with Crippen molar-refractivity contribution in [3.63, 3.8) is 0 Å². The average Bonchev–Trinajstić information content (AvgIpc) is 2.19. The van der Waals surface area contributed by atoms with E-state index in [1.165, 1.54) is 12.0 Å². The molecule has 0 aliphatic heterocycles. The standard InChI is InChI=1S/C12H19N/c1-3-10(2)9-12(13)11-7-5-4-6-8-11/h4-8,10,12H,3,9,13H2,1-2H3. The molecule has 0 heterocycles. The van der Waals surface area contributed by atoms with Crippen molar-refractivity contribution in [1.82, 2.24) is 0 Å². The SMILES string of the molecule is CCC(C)CC(N)c1ccccc1. The molecule has 2 unspecified atom stereocenters. The number of benzene rings is 1. The van der Waals surface area contributed by atoms with Gasteiger partial charge in [-0.2, -0.15) is 0 Å². The van der Waals surface area contributed by atoms with Crippen LogP contribution in [0.3, 0.4) is 0 Å². The van der Waals surface area contributed by atoms with Crippen LogP contribution in [0.5, 0.6) is 0 Å². The maximum Gasteiger partial charge on any atom is 0.0297 e. The van der Waals surface area contributed by atoms with E-state index in [1.54, 1.807) is 0 Å². The third-order valence-electron chi connectivity index (χ3n) is 2.58. The predicted octanol–water partition coefficient (Wildman–Crippen LogP) is 3.12. The fraction of sp³-hybridized carbons (Fsp3) is 0.500. The van der Waals surface area contributed by atoms with Crippen LogP contribution in [0.15, 0.2) is 30.3 Å². The van der Waals surface area contributed by atoms with Crippen molar-refractivity contribution in [2.75, 3.05) is 0 Å².